The molecule has 1 aliphatic rings. The van der Waals surface area contributed by atoms with Crippen molar-refractivity contribution in [1.29, 1.82) is 0 Å². The number of benzene rings is 1. The third-order valence-corrected chi connectivity index (χ3v) is 4.89. The van der Waals surface area contributed by atoms with Crippen LogP contribution in [0.25, 0.3) is 11.6 Å². The molecule has 0 bridgehead atoms. The van der Waals surface area contributed by atoms with E-state index in [-0.39, 0.29) is 5.70 Å². The highest BCUT2D eigenvalue weighted by Gasteiger charge is 2.35. The van der Waals surface area contributed by atoms with Gasteiger partial charge in [-0.25, -0.2) is 14.5 Å². The SMILES string of the molecule is C=C/C(=C\C=C(/CC)C(=O)OC)c1ccc(/C=C2/NC(=O)N(c3cccc(Cl)c3)C2=O)o1.CC.CC.CC. The van der Waals surface area contributed by atoms with E-state index >= 15 is 0 Å². The van der Waals surface area contributed by atoms with Crippen molar-refractivity contribution >= 4 is 46.8 Å². The number of furan rings is 1. The standard InChI is InChI=1S/C24H21ClN2O5.3C2H6/c1-4-15(9-10-16(5-2)23(29)31-3)21-12-11-19(32-21)14-20-22(28)27(24(30)26-20)18-8-6-7-17(25)13-18;3*1-2/h4,6-14H,1,5H2,2-3H3,(H,26,30);3*1-2H3/b15-9+,16-10+,20-14+;;;. The summed E-state index contributed by atoms with van der Waals surface area (Å²) in [6.45, 7) is 17.6. The zero-order valence-corrected chi connectivity index (χ0v) is 24.3. The first-order chi connectivity index (χ1) is 18.4. The lowest BCUT2D eigenvalue weighted by Crippen LogP contribution is -2.30. The van der Waals surface area contributed by atoms with Crippen LogP contribution in [0.2, 0.25) is 5.02 Å². The van der Waals surface area contributed by atoms with Crippen LogP contribution < -0.4 is 10.2 Å². The van der Waals surface area contributed by atoms with Gasteiger partial charge in [-0.2, -0.15) is 0 Å². The maximum Gasteiger partial charge on any atom is 0.333 e. The summed E-state index contributed by atoms with van der Waals surface area (Å²) in [5.74, 6) is -0.0935. The van der Waals surface area contributed by atoms with Gasteiger partial charge in [0, 0.05) is 22.2 Å². The molecule has 3 amide bonds. The van der Waals surface area contributed by atoms with Crippen molar-refractivity contribution < 1.29 is 23.5 Å². The first kappa shape index (κ1) is 34.2. The fourth-order valence-corrected chi connectivity index (χ4v) is 3.20. The Labute approximate surface area is 231 Å². The topological polar surface area (TPSA) is 88.9 Å². The Morgan fingerprint density at radius 2 is 1.74 bits per heavy atom. The molecule has 1 aliphatic heterocycles. The smallest absolute Gasteiger partial charge is 0.333 e. The third-order valence-electron chi connectivity index (χ3n) is 4.65. The minimum absolute atomic E-state index is 0.0684. The summed E-state index contributed by atoms with van der Waals surface area (Å²) in [6, 6.07) is 9.23. The lowest BCUT2D eigenvalue weighted by Gasteiger charge is -2.11. The number of amides is 3. The van der Waals surface area contributed by atoms with Crippen LogP contribution in [0.1, 0.15) is 66.4 Å². The molecule has 1 aromatic heterocycles. The number of halogens is 1. The molecule has 2 heterocycles. The van der Waals surface area contributed by atoms with Crippen LogP contribution in [0.3, 0.4) is 0 Å². The Morgan fingerprint density at radius 3 is 2.29 bits per heavy atom. The van der Waals surface area contributed by atoms with Crippen molar-refractivity contribution in [2.75, 3.05) is 12.0 Å². The number of carbonyl (C=O) groups is 3. The van der Waals surface area contributed by atoms with Crippen molar-refractivity contribution in [2.24, 2.45) is 0 Å². The Balaban J connectivity index is 0.00000213. The molecule has 38 heavy (non-hydrogen) atoms. The number of nitrogens with zero attached hydrogens (tertiary/aromatic N) is 1. The molecule has 8 heteroatoms. The Hall–Kier alpha value is -3.84. The molecular formula is C30H39ClN2O5. The largest absolute Gasteiger partial charge is 0.466 e. The average molecular weight is 543 g/mol. The van der Waals surface area contributed by atoms with Gasteiger partial charge in [0.2, 0.25) is 0 Å². The van der Waals surface area contributed by atoms with Gasteiger partial charge in [0.15, 0.2) is 0 Å². The number of anilines is 1. The molecule has 2 aromatic rings. The molecule has 1 fully saturated rings. The van der Waals surface area contributed by atoms with Crippen LogP contribution in [-0.2, 0) is 14.3 Å². The van der Waals surface area contributed by atoms with Crippen LogP contribution in [0.15, 0.2) is 76.9 Å². The zero-order chi connectivity index (χ0) is 29.3. The summed E-state index contributed by atoms with van der Waals surface area (Å²) in [4.78, 5) is 37.8. The first-order valence-electron chi connectivity index (χ1n) is 12.7. The highest BCUT2D eigenvalue weighted by molar-refractivity contribution is 6.32. The maximum absolute atomic E-state index is 12.7. The number of methoxy groups -OCH3 is 1. The molecular weight excluding hydrogens is 504 g/mol. The average Bonchev–Trinajstić information content (AvgIpc) is 3.53. The molecule has 206 valence electrons. The van der Waals surface area contributed by atoms with Crippen molar-refractivity contribution in [3.63, 3.8) is 0 Å². The monoisotopic (exact) mass is 542 g/mol. The van der Waals surface area contributed by atoms with E-state index in [2.05, 4.69) is 11.9 Å². The summed E-state index contributed by atoms with van der Waals surface area (Å²) in [5.41, 5.74) is 1.57. The van der Waals surface area contributed by atoms with E-state index in [0.717, 1.165) is 4.90 Å². The number of nitrogens with one attached hydrogen (secondary N) is 1. The molecule has 0 spiro atoms. The van der Waals surface area contributed by atoms with Gasteiger partial charge in [0.1, 0.15) is 17.2 Å². The van der Waals surface area contributed by atoms with E-state index in [1.807, 2.05) is 48.5 Å². The molecule has 1 saturated heterocycles. The summed E-state index contributed by atoms with van der Waals surface area (Å²) >= 11 is 5.97. The molecule has 0 saturated carbocycles. The van der Waals surface area contributed by atoms with E-state index in [9.17, 15) is 14.4 Å². The third kappa shape index (κ3) is 9.23. The van der Waals surface area contributed by atoms with Gasteiger partial charge in [-0.3, -0.25) is 4.79 Å². The minimum Gasteiger partial charge on any atom is -0.466 e. The lowest BCUT2D eigenvalue weighted by atomic mass is 10.1. The van der Waals surface area contributed by atoms with Crippen molar-refractivity contribution in [3.8, 4) is 0 Å². The molecule has 7 nitrogen and oxygen atoms in total. The molecule has 0 unspecified atom stereocenters. The van der Waals surface area contributed by atoms with Crippen molar-refractivity contribution in [1.82, 2.24) is 5.32 Å². The summed E-state index contributed by atoms with van der Waals surface area (Å²) in [5, 5.41) is 2.95. The number of hydrogen-bond acceptors (Lipinski definition) is 5. The number of imide groups is 1. The summed E-state index contributed by atoms with van der Waals surface area (Å²) in [6.07, 6.45) is 6.87. The number of allylic oxidation sites excluding steroid dienone is 4. The van der Waals surface area contributed by atoms with E-state index in [1.54, 1.807) is 48.6 Å². The first-order valence-corrected chi connectivity index (χ1v) is 13.1. The number of urea groups is 1. The highest BCUT2D eigenvalue weighted by atomic mass is 35.5. The van der Waals surface area contributed by atoms with E-state index in [4.69, 9.17) is 20.8 Å². The number of hydrogen-bond donors (Lipinski definition) is 1. The van der Waals surface area contributed by atoms with Crippen LogP contribution in [0.5, 0.6) is 0 Å². The van der Waals surface area contributed by atoms with Gasteiger partial charge in [-0.15, -0.1) is 0 Å². The molecule has 1 N–H and O–H groups in total. The Morgan fingerprint density at radius 1 is 1.08 bits per heavy atom. The van der Waals surface area contributed by atoms with Crippen LogP contribution in [0, 0.1) is 0 Å². The molecule has 0 aliphatic carbocycles. The predicted octanol–water partition coefficient (Wildman–Crippen LogP) is 8.19. The number of ether oxygens (including phenoxy) is 1. The number of esters is 1. The van der Waals surface area contributed by atoms with Gasteiger partial charge in [0.05, 0.1) is 12.8 Å². The van der Waals surface area contributed by atoms with Gasteiger partial charge in [0.25, 0.3) is 5.91 Å². The fourth-order valence-electron chi connectivity index (χ4n) is 3.02. The minimum atomic E-state index is -0.581. The quantitative estimate of drug-likeness (QED) is 0.165. The van der Waals surface area contributed by atoms with E-state index in [1.165, 1.54) is 19.3 Å². The van der Waals surface area contributed by atoms with Crippen molar-refractivity contribution in [2.45, 2.75) is 54.9 Å². The van der Waals surface area contributed by atoms with Crippen molar-refractivity contribution in [3.05, 3.63) is 89.0 Å². The van der Waals surface area contributed by atoms with Crippen LogP contribution in [0.4, 0.5) is 10.5 Å². The zero-order valence-electron chi connectivity index (χ0n) is 23.6. The molecule has 3 rings (SSSR count). The number of rotatable bonds is 7. The molecule has 0 atom stereocenters. The normalized spacial score (nSPS) is 13.8. The van der Waals surface area contributed by atoms with Gasteiger partial charge in [-0.1, -0.05) is 90.9 Å². The lowest BCUT2D eigenvalue weighted by molar-refractivity contribution is -0.136. The summed E-state index contributed by atoms with van der Waals surface area (Å²) < 4.78 is 10.5. The van der Waals surface area contributed by atoms with E-state index < -0.39 is 17.9 Å². The van der Waals surface area contributed by atoms with Crippen LogP contribution in [-0.4, -0.2) is 25.0 Å². The second kappa shape index (κ2) is 18.4. The maximum atomic E-state index is 12.7. The molecule has 0 radical (unpaired) electrons. The van der Waals surface area contributed by atoms with Gasteiger partial charge in [-0.05, 0) is 36.8 Å². The van der Waals surface area contributed by atoms with E-state index in [0.29, 0.717) is 39.8 Å². The highest BCUT2D eigenvalue weighted by Crippen LogP contribution is 2.26. The summed E-state index contributed by atoms with van der Waals surface area (Å²) in [7, 11) is 1.33. The second-order valence-corrected chi connectivity index (χ2v) is 7.11. The van der Waals surface area contributed by atoms with Gasteiger partial charge < -0.3 is 14.5 Å². The Kier molecular flexibility index (Phi) is 16.6. The van der Waals surface area contributed by atoms with Crippen LogP contribution >= 0.6 is 11.6 Å². The van der Waals surface area contributed by atoms with Gasteiger partial charge >= 0.3 is 12.0 Å². The Bertz CT molecular complexity index is 1170. The molecule has 1 aromatic carbocycles. The predicted molar refractivity (Wildman–Crippen MR) is 157 cm³/mol. The number of carbonyl (C=O) groups excluding carboxylic acids is 3. The fraction of sp³-hybridized carbons (Fsp3) is 0.300. The second-order valence-electron chi connectivity index (χ2n) is 6.67.